The monoisotopic (exact) mass is 494 g/mol. The van der Waals surface area contributed by atoms with Crippen LogP contribution in [-0.4, -0.2) is 62.4 Å². The lowest BCUT2D eigenvalue weighted by molar-refractivity contribution is -0.135. The minimum Gasteiger partial charge on any atom is -0.494 e. The molecular weight excluding hydrogens is 464 g/mol. The Morgan fingerprint density at radius 2 is 2.20 bits per heavy atom. The number of nitrogens with one attached hydrogen (secondary N) is 2. The van der Waals surface area contributed by atoms with E-state index < -0.39 is 5.60 Å². The van der Waals surface area contributed by atoms with Gasteiger partial charge in [0.2, 0.25) is 5.91 Å². The Kier molecular flexibility index (Phi) is 6.10. The van der Waals surface area contributed by atoms with Crippen molar-refractivity contribution in [2.24, 2.45) is 5.92 Å². The molecule has 0 spiro atoms. The number of hydrogen-bond acceptors (Lipinski definition) is 8. The normalized spacial score (nSPS) is 15.9. The van der Waals surface area contributed by atoms with Crippen LogP contribution in [0.3, 0.4) is 0 Å². The first kappa shape index (κ1) is 23.5. The lowest BCUT2D eigenvalue weighted by Crippen LogP contribution is -2.38. The molecule has 1 aliphatic carbocycles. The van der Waals surface area contributed by atoms with Crippen molar-refractivity contribution in [3.8, 4) is 5.75 Å². The van der Waals surface area contributed by atoms with Crippen LogP contribution in [0.5, 0.6) is 5.75 Å². The van der Waals surface area contributed by atoms with Gasteiger partial charge in [0.1, 0.15) is 22.7 Å². The molecule has 0 fully saturated rings. The van der Waals surface area contributed by atoms with E-state index >= 15 is 0 Å². The number of carbonyl (C=O) groups excluding carboxylic acids is 1. The molecule has 0 unspecified atom stereocenters. The van der Waals surface area contributed by atoms with Crippen LogP contribution in [-0.2, 0) is 17.6 Å². The van der Waals surface area contributed by atoms with Gasteiger partial charge in [-0.3, -0.25) is 9.89 Å². The molecular formula is C25H30N6O3S. The molecule has 1 amide bonds. The summed E-state index contributed by atoms with van der Waals surface area (Å²) in [7, 11) is 3.46. The molecule has 1 aromatic carbocycles. The number of rotatable bonds is 7. The Morgan fingerprint density at radius 3 is 2.97 bits per heavy atom. The standard InChI is InChI=1S/C25H30N6O3S/c1-25(2,33)7-8-31(3)24(32)14-5-6-16-20(10-14)35-23-21(16)22(26-13-27-23)29-18-9-15-12-28-30-17(15)11-19(18)34-4/h9,11-14,33H,5-8,10H2,1-4H3,(H,28,30)(H,26,27,29)/t14-/m0/s1. The first-order valence-corrected chi connectivity index (χ1v) is 12.6. The summed E-state index contributed by atoms with van der Waals surface area (Å²) in [5, 5.41) is 22.5. The lowest BCUT2D eigenvalue weighted by Gasteiger charge is -2.28. The molecule has 3 heterocycles. The number of aliphatic hydroxyl groups is 1. The third kappa shape index (κ3) is 4.68. The maximum absolute atomic E-state index is 13.1. The highest BCUT2D eigenvalue weighted by molar-refractivity contribution is 7.19. The number of benzene rings is 1. The Bertz CT molecular complexity index is 1390. The smallest absolute Gasteiger partial charge is 0.225 e. The molecule has 184 valence electrons. The molecule has 0 radical (unpaired) electrons. The summed E-state index contributed by atoms with van der Waals surface area (Å²) in [5.41, 5.74) is 2.14. The van der Waals surface area contributed by atoms with E-state index in [1.807, 2.05) is 19.2 Å². The van der Waals surface area contributed by atoms with Crippen LogP contribution in [0.15, 0.2) is 24.7 Å². The predicted molar refractivity (Wildman–Crippen MR) is 137 cm³/mol. The quantitative estimate of drug-likeness (QED) is 0.355. The van der Waals surface area contributed by atoms with Crippen LogP contribution in [0.1, 0.15) is 37.1 Å². The third-order valence-corrected chi connectivity index (χ3v) is 7.81. The van der Waals surface area contributed by atoms with E-state index in [0.29, 0.717) is 25.1 Å². The maximum Gasteiger partial charge on any atom is 0.225 e. The number of anilines is 2. The van der Waals surface area contributed by atoms with Crippen LogP contribution in [0.4, 0.5) is 11.5 Å². The van der Waals surface area contributed by atoms with Gasteiger partial charge >= 0.3 is 0 Å². The van der Waals surface area contributed by atoms with E-state index in [4.69, 9.17) is 4.74 Å². The van der Waals surface area contributed by atoms with Crippen LogP contribution >= 0.6 is 11.3 Å². The first-order valence-electron chi connectivity index (χ1n) is 11.7. The van der Waals surface area contributed by atoms with Crippen molar-refractivity contribution in [1.29, 1.82) is 0 Å². The zero-order chi connectivity index (χ0) is 24.7. The first-order chi connectivity index (χ1) is 16.7. The van der Waals surface area contributed by atoms with Gasteiger partial charge < -0.3 is 20.1 Å². The van der Waals surface area contributed by atoms with Gasteiger partial charge in [-0.05, 0) is 51.2 Å². The Balaban J connectivity index is 1.41. The van der Waals surface area contributed by atoms with Gasteiger partial charge in [0, 0.05) is 35.8 Å². The molecule has 0 saturated carbocycles. The second kappa shape index (κ2) is 9.09. The highest BCUT2D eigenvalue weighted by atomic mass is 32.1. The van der Waals surface area contributed by atoms with Crippen LogP contribution in [0, 0.1) is 5.92 Å². The van der Waals surface area contributed by atoms with Crippen molar-refractivity contribution in [2.45, 2.75) is 45.1 Å². The van der Waals surface area contributed by atoms with E-state index in [1.165, 1.54) is 10.4 Å². The fourth-order valence-electron chi connectivity index (χ4n) is 4.64. The van der Waals surface area contributed by atoms with Gasteiger partial charge in [-0.15, -0.1) is 11.3 Å². The van der Waals surface area contributed by atoms with E-state index in [1.54, 1.807) is 49.7 Å². The minimum absolute atomic E-state index is 0.0599. The Hall–Kier alpha value is -3.24. The average molecular weight is 495 g/mol. The van der Waals surface area contributed by atoms with Crippen molar-refractivity contribution in [3.05, 3.63) is 35.1 Å². The van der Waals surface area contributed by atoms with Gasteiger partial charge in [0.15, 0.2) is 0 Å². The number of aromatic amines is 1. The molecule has 3 N–H and O–H groups in total. The zero-order valence-electron chi connectivity index (χ0n) is 20.4. The van der Waals surface area contributed by atoms with Crippen molar-refractivity contribution in [1.82, 2.24) is 25.1 Å². The Morgan fingerprint density at radius 1 is 1.37 bits per heavy atom. The van der Waals surface area contributed by atoms with E-state index in [0.717, 1.165) is 45.5 Å². The predicted octanol–water partition coefficient (Wildman–Crippen LogP) is 4.04. The molecule has 10 heteroatoms. The molecule has 0 aliphatic heterocycles. The van der Waals surface area contributed by atoms with Gasteiger partial charge in [0.25, 0.3) is 0 Å². The molecule has 0 saturated heterocycles. The fourth-order valence-corrected chi connectivity index (χ4v) is 5.91. The zero-order valence-corrected chi connectivity index (χ0v) is 21.2. The van der Waals surface area contributed by atoms with E-state index in [2.05, 4.69) is 25.5 Å². The summed E-state index contributed by atoms with van der Waals surface area (Å²) >= 11 is 1.64. The molecule has 1 aliphatic rings. The number of fused-ring (bicyclic) bond motifs is 4. The number of aryl methyl sites for hydroxylation is 1. The number of thiophene rings is 1. The summed E-state index contributed by atoms with van der Waals surface area (Å²) in [6, 6.07) is 3.90. The van der Waals surface area contributed by atoms with Gasteiger partial charge in [-0.1, -0.05) is 0 Å². The molecule has 5 rings (SSSR count). The van der Waals surface area contributed by atoms with Gasteiger partial charge in [-0.2, -0.15) is 5.10 Å². The minimum atomic E-state index is -0.785. The maximum atomic E-state index is 13.1. The summed E-state index contributed by atoms with van der Waals surface area (Å²) in [4.78, 5) is 26.1. The highest BCUT2D eigenvalue weighted by Gasteiger charge is 2.31. The molecule has 0 bridgehead atoms. The van der Waals surface area contributed by atoms with E-state index in [9.17, 15) is 9.90 Å². The topological polar surface area (TPSA) is 116 Å². The number of carbonyl (C=O) groups is 1. The Labute approximate surface area is 207 Å². The molecule has 1 atom stereocenters. The summed E-state index contributed by atoms with van der Waals surface area (Å²) < 4.78 is 5.60. The fraction of sp³-hybridized carbons (Fsp3) is 0.440. The summed E-state index contributed by atoms with van der Waals surface area (Å²) in [6.07, 6.45) is 6.18. The largest absolute Gasteiger partial charge is 0.494 e. The van der Waals surface area contributed by atoms with Crippen LogP contribution in [0.2, 0.25) is 0 Å². The van der Waals surface area contributed by atoms with Crippen molar-refractivity contribution >= 4 is 49.9 Å². The van der Waals surface area contributed by atoms with Crippen molar-refractivity contribution < 1.29 is 14.6 Å². The van der Waals surface area contributed by atoms with Crippen molar-refractivity contribution in [2.75, 3.05) is 26.0 Å². The molecule has 9 nitrogen and oxygen atoms in total. The summed E-state index contributed by atoms with van der Waals surface area (Å²) in [5.74, 6) is 1.51. The number of aromatic nitrogens is 4. The number of hydrogen-bond donors (Lipinski definition) is 3. The van der Waals surface area contributed by atoms with Crippen molar-refractivity contribution in [3.63, 3.8) is 0 Å². The van der Waals surface area contributed by atoms with Gasteiger partial charge in [0.05, 0.1) is 35.5 Å². The van der Waals surface area contributed by atoms with Crippen LogP contribution < -0.4 is 10.1 Å². The molecule has 35 heavy (non-hydrogen) atoms. The number of amides is 1. The van der Waals surface area contributed by atoms with E-state index in [-0.39, 0.29) is 11.8 Å². The number of methoxy groups -OCH3 is 1. The second-order valence-corrected chi connectivity index (χ2v) is 10.9. The SMILES string of the molecule is COc1cc2[nH]ncc2cc1Nc1ncnc2sc3c(c12)CC[C@H](C(=O)N(C)CCC(C)(C)O)C3. The molecule has 4 aromatic rings. The second-order valence-electron chi connectivity index (χ2n) is 9.80. The number of ether oxygens (including phenoxy) is 1. The van der Waals surface area contributed by atoms with Crippen LogP contribution in [0.25, 0.3) is 21.1 Å². The average Bonchev–Trinajstić information content (AvgIpc) is 3.44. The van der Waals surface area contributed by atoms with Gasteiger partial charge in [-0.25, -0.2) is 9.97 Å². The number of nitrogens with zero attached hydrogens (tertiary/aromatic N) is 4. The summed E-state index contributed by atoms with van der Waals surface area (Å²) in [6.45, 7) is 4.08. The highest BCUT2D eigenvalue weighted by Crippen LogP contribution is 2.42. The lowest BCUT2D eigenvalue weighted by atomic mass is 9.86. The molecule has 3 aromatic heterocycles. The number of H-pyrrole nitrogens is 1. The third-order valence-electron chi connectivity index (χ3n) is 6.64.